The normalized spacial score (nSPS) is 16.4. The van der Waals surface area contributed by atoms with Gasteiger partial charge in [-0.2, -0.15) is 0 Å². The minimum Gasteiger partial charge on any atom is -0.402 e. The number of carbonyl (C=O) groups is 1. The first-order valence-corrected chi connectivity index (χ1v) is 9.70. The van der Waals surface area contributed by atoms with Crippen molar-refractivity contribution in [2.75, 3.05) is 14.1 Å². The van der Waals surface area contributed by atoms with E-state index in [1.165, 1.54) is 37.6 Å². The van der Waals surface area contributed by atoms with Gasteiger partial charge in [-0.3, -0.25) is 0 Å². The first-order valence-electron chi connectivity index (χ1n) is 7.38. The van der Waals surface area contributed by atoms with E-state index in [1.807, 2.05) is 18.4 Å². The molecule has 0 amide bonds. The van der Waals surface area contributed by atoms with Crippen LogP contribution in [0.3, 0.4) is 0 Å². The molecule has 1 aromatic carbocycles. The number of benzene rings is 1. The fourth-order valence-electron chi connectivity index (χ4n) is 2.19. The minimum atomic E-state index is -3.58. The number of ether oxygens (including phenoxy) is 1. The lowest BCUT2D eigenvalue weighted by Gasteiger charge is -2.11. The van der Waals surface area contributed by atoms with Crippen LogP contribution < -0.4 is 0 Å². The van der Waals surface area contributed by atoms with Crippen LogP contribution in [0.5, 0.6) is 0 Å². The van der Waals surface area contributed by atoms with Gasteiger partial charge in [0.15, 0.2) is 5.70 Å². The zero-order valence-electron chi connectivity index (χ0n) is 13.9. The average molecular weight is 376 g/mol. The van der Waals surface area contributed by atoms with Gasteiger partial charge in [0.05, 0.1) is 4.90 Å². The number of sulfonamides is 1. The lowest BCUT2D eigenvalue weighted by Crippen LogP contribution is -2.22. The monoisotopic (exact) mass is 376 g/mol. The Morgan fingerprint density at radius 1 is 1.24 bits per heavy atom. The molecule has 2 heterocycles. The maximum absolute atomic E-state index is 12.2. The largest absolute Gasteiger partial charge is 0.402 e. The molecule has 0 spiro atoms. The Morgan fingerprint density at radius 2 is 2.00 bits per heavy atom. The highest BCUT2D eigenvalue weighted by atomic mass is 32.2. The maximum atomic E-state index is 12.2. The van der Waals surface area contributed by atoms with Crippen LogP contribution in [0.15, 0.2) is 51.3 Å². The lowest BCUT2D eigenvalue weighted by molar-refractivity contribution is -0.129. The smallest absolute Gasteiger partial charge is 0.363 e. The fraction of sp³-hybridized carbons (Fsp3) is 0.176. The number of thiophene rings is 1. The molecule has 0 aliphatic carbocycles. The Bertz CT molecular complexity index is 1000. The van der Waals surface area contributed by atoms with Crippen molar-refractivity contribution < 1.29 is 17.9 Å². The molecular formula is C17H16N2O4S2. The minimum absolute atomic E-state index is 0.0984. The van der Waals surface area contributed by atoms with Gasteiger partial charge < -0.3 is 4.74 Å². The van der Waals surface area contributed by atoms with E-state index in [0.717, 1.165) is 14.7 Å². The number of carbonyl (C=O) groups excluding carboxylic acids is 1. The zero-order chi connectivity index (χ0) is 18.2. The highest BCUT2D eigenvalue weighted by Gasteiger charge is 2.26. The van der Waals surface area contributed by atoms with Crippen molar-refractivity contribution in [3.8, 4) is 0 Å². The lowest BCUT2D eigenvalue weighted by atomic mass is 10.2. The molecule has 1 aromatic heterocycles. The van der Waals surface area contributed by atoms with Gasteiger partial charge >= 0.3 is 5.97 Å². The highest BCUT2D eigenvalue weighted by Crippen LogP contribution is 2.24. The number of aryl methyl sites for hydroxylation is 1. The number of cyclic esters (lactones) is 1. The molecule has 0 fully saturated rings. The predicted octanol–water partition coefficient (Wildman–Crippen LogP) is 2.65. The molecule has 1 aliphatic rings. The fourth-order valence-corrected chi connectivity index (χ4v) is 3.99. The molecular weight excluding hydrogens is 360 g/mol. The molecule has 130 valence electrons. The van der Waals surface area contributed by atoms with Gasteiger partial charge in [-0.05, 0) is 48.2 Å². The van der Waals surface area contributed by atoms with E-state index in [1.54, 1.807) is 18.2 Å². The molecule has 6 nitrogen and oxygen atoms in total. The number of hydrogen-bond acceptors (Lipinski definition) is 6. The summed E-state index contributed by atoms with van der Waals surface area (Å²) in [7, 11) is -0.662. The van der Waals surface area contributed by atoms with Crippen LogP contribution >= 0.6 is 11.3 Å². The van der Waals surface area contributed by atoms with E-state index in [-0.39, 0.29) is 16.5 Å². The van der Waals surface area contributed by atoms with Crippen molar-refractivity contribution in [1.29, 1.82) is 0 Å². The maximum Gasteiger partial charge on any atom is 0.363 e. The van der Waals surface area contributed by atoms with Crippen molar-refractivity contribution in [2.24, 2.45) is 4.99 Å². The van der Waals surface area contributed by atoms with Crippen LogP contribution in [-0.4, -0.2) is 38.7 Å². The summed E-state index contributed by atoms with van der Waals surface area (Å²) in [5.74, 6) is -0.454. The van der Waals surface area contributed by atoms with Crippen molar-refractivity contribution in [1.82, 2.24) is 4.31 Å². The van der Waals surface area contributed by atoms with Crippen molar-refractivity contribution in [2.45, 2.75) is 11.8 Å². The van der Waals surface area contributed by atoms with Crippen molar-refractivity contribution in [3.63, 3.8) is 0 Å². The molecule has 0 saturated carbocycles. The van der Waals surface area contributed by atoms with Crippen LogP contribution in [0.25, 0.3) is 6.08 Å². The number of esters is 1. The third-order valence-electron chi connectivity index (χ3n) is 3.65. The summed E-state index contributed by atoms with van der Waals surface area (Å²) in [6.45, 7) is 1.95. The van der Waals surface area contributed by atoms with Crippen LogP contribution in [0.4, 0.5) is 0 Å². The van der Waals surface area contributed by atoms with Gasteiger partial charge in [-0.1, -0.05) is 6.07 Å². The number of hydrogen-bond donors (Lipinski definition) is 0. The molecule has 3 rings (SSSR count). The summed E-state index contributed by atoms with van der Waals surface area (Å²) in [6, 6.07) is 8.13. The standard InChI is InChI=1S/C17H16N2O4S2/c1-11-7-8-24-15(11)10-14-17(20)23-16(18-14)12-5-4-6-13(9-12)25(21,22)19(2)3/h4-10H,1-3H3/b14-10+. The topological polar surface area (TPSA) is 76.0 Å². The predicted molar refractivity (Wildman–Crippen MR) is 97.0 cm³/mol. The molecule has 2 aromatic rings. The van der Waals surface area contributed by atoms with E-state index < -0.39 is 16.0 Å². The van der Waals surface area contributed by atoms with Gasteiger partial charge in [-0.15, -0.1) is 11.3 Å². The SMILES string of the molecule is Cc1ccsc1/C=C1/N=C(c2cccc(S(=O)(=O)N(C)C)c2)OC1=O. The van der Waals surface area contributed by atoms with Gasteiger partial charge in [0.1, 0.15) is 0 Å². The third kappa shape index (κ3) is 3.41. The van der Waals surface area contributed by atoms with Gasteiger partial charge in [0.2, 0.25) is 15.9 Å². The molecule has 0 radical (unpaired) electrons. The van der Waals surface area contributed by atoms with Gasteiger partial charge in [0.25, 0.3) is 0 Å². The average Bonchev–Trinajstić information content (AvgIpc) is 3.14. The van der Waals surface area contributed by atoms with Crippen LogP contribution in [-0.2, 0) is 19.6 Å². The second-order valence-corrected chi connectivity index (χ2v) is 8.72. The molecule has 0 bridgehead atoms. The zero-order valence-corrected chi connectivity index (χ0v) is 15.5. The van der Waals surface area contributed by atoms with E-state index >= 15 is 0 Å². The summed E-state index contributed by atoms with van der Waals surface area (Å²) in [6.07, 6.45) is 1.68. The summed E-state index contributed by atoms with van der Waals surface area (Å²) in [5.41, 5.74) is 1.68. The summed E-state index contributed by atoms with van der Waals surface area (Å²) < 4.78 is 30.8. The molecule has 25 heavy (non-hydrogen) atoms. The first kappa shape index (κ1) is 17.5. The Kier molecular flexibility index (Phi) is 4.59. The molecule has 0 atom stereocenters. The number of nitrogens with zero attached hydrogens (tertiary/aromatic N) is 2. The van der Waals surface area contributed by atoms with E-state index in [9.17, 15) is 13.2 Å². The molecule has 8 heteroatoms. The van der Waals surface area contributed by atoms with Crippen LogP contribution in [0.1, 0.15) is 16.0 Å². The highest BCUT2D eigenvalue weighted by molar-refractivity contribution is 7.89. The Labute approximate surface area is 150 Å². The second-order valence-electron chi connectivity index (χ2n) is 5.62. The second kappa shape index (κ2) is 6.55. The summed E-state index contributed by atoms with van der Waals surface area (Å²) >= 11 is 1.51. The third-order valence-corrected chi connectivity index (χ3v) is 6.43. The van der Waals surface area contributed by atoms with Crippen LogP contribution in [0.2, 0.25) is 0 Å². The van der Waals surface area contributed by atoms with Crippen molar-refractivity contribution >= 4 is 39.3 Å². The van der Waals surface area contributed by atoms with Gasteiger partial charge in [-0.25, -0.2) is 22.5 Å². The van der Waals surface area contributed by atoms with E-state index in [4.69, 9.17) is 4.74 Å². The Hall–Kier alpha value is -2.29. The van der Waals surface area contributed by atoms with E-state index in [2.05, 4.69) is 4.99 Å². The Balaban J connectivity index is 1.98. The molecule has 0 saturated heterocycles. The number of aliphatic imine (C=N–C) groups is 1. The van der Waals surface area contributed by atoms with Crippen molar-refractivity contribution in [3.05, 3.63) is 57.4 Å². The van der Waals surface area contributed by atoms with Crippen LogP contribution in [0, 0.1) is 6.92 Å². The number of rotatable bonds is 4. The Morgan fingerprint density at radius 3 is 2.64 bits per heavy atom. The van der Waals surface area contributed by atoms with E-state index in [0.29, 0.717) is 5.56 Å². The molecule has 0 N–H and O–H groups in total. The summed E-state index contributed by atoms with van der Waals surface area (Å²) in [4.78, 5) is 17.3. The first-order chi connectivity index (χ1) is 11.8. The summed E-state index contributed by atoms with van der Waals surface area (Å²) in [5, 5.41) is 1.93. The molecule has 0 unspecified atom stereocenters. The van der Waals surface area contributed by atoms with Gasteiger partial charge in [0, 0.05) is 24.5 Å². The molecule has 1 aliphatic heterocycles. The quantitative estimate of drug-likeness (QED) is 0.607.